The van der Waals surface area contributed by atoms with Gasteiger partial charge in [0.1, 0.15) is 0 Å². The van der Waals surface area contributed by atoms with Gasteiger partial charge >= 0.3 is 6.18 Å². The molecule has 0 amide bonds. The standard InChI is InChI=1S/C19H14F3N/c1-15-5-2-3-14-23-18(7-4-6-15)13-10-16-8-11-17(12-9-16)19(20,21)22/h2-9,11-12,14,23H,1H2/b5-2-,6-4-,14-3-,18-7-. The molecule has 0 saturated heterocycles. The molecule has 0 radical (unpaired) electrons. The molecule has 0 atom stereocenters. The highest BCUT2D eigenvalue weighted by molar-refractivity contribution is 5.44. The molecule has 0 bridgehead atoms. The molecular formula is C19H14F3N. The molecule has 1 aliphatic rings. The first-order valence-corrected chi connectivity index (χ1v) is 6.81. The summed E-state index contributed by atoms with van der Waals surface area (Å²) in [5, 5.41) is 3.00. The van der Waals surface area contributed by atoms with E-state index < -0.39 is 11.7 Å². The smallest absolute Gasteiger partial charge is 0.355 e. The van der Waals surface area contributed by atoms with Crippen LogP contribution in [0, 0.1) is 11.8 Å². The Hall–Kier alpha value is -2.93. The Morgan fingerprint density at radius 2 is 1.61 bits per heavy atom. The second-order valence-electron chi connectivity index (χ2n) is 4.70. The topological polar surface area (TPSA) is 12.0 Å². The second-order valence-corrected chi connectivity index (χ2v) is 4.70. The average Bonchev–Trinajstić information content (AvgIpc) is 2.51. The van der Waals surface area contributed by atoms with Crippen LogP contribution in [0.2, 0.25) is 0 Å². The second kappa shape index (κ2) is 7.37. The summed E-state index contributed by atoms with van der Waals surface area (Å²) in [6.45, 7) is 3.85. The Labute approximate surface area is 133 Å². The van der Waals surface area contributed by atoms with Gasteiger partial charge in [0, 0.05) is 11.8 Å². The summed E-state index contributed by atoms with van der Waals surface area (Å²) >= 11 is 0. The molecular weight excluding hydrogens is 299 g/mol. The summed E-state index contributed by atoms with van der Waals surface area (Å²) < 4.78 is 37.5. The van der Waals surface area contributed by atoms with Crippen molar-refractivity contribution < 1.29 is 13.2 Å². The number of rotatable bonds is 0. The number of halogens is 3. The summed E-state index contributed by atoms with van der Waals surface area (Å²) in [7, 11) is 0. The van der Waals surface area contributed by atoms with Crippen molar-refractivity contribution in [2.24, 2.45) is 0 Å². The zero-order valence-electron chi connectivity index (χ0n) is 12.2. The lowest BCUT2D eigenvalue weighted by atomic mass is 10.1. The normalized spacial score (nSPS) is 21.0. The monoisotopic (exact) mass is 313 g/mol. The lowest BCUT2D eigenvalue weighted by molar-refractivity contribution is -0.137. The van der Waals surface area contributed by atoms with Gasteiger partial charge in [-0.3, -0.25) is 0 Å². The van der Waals surface area contributed by atoms with E-state index in [2.05, 4.69) is 23.7 Å². The van der Waals surface area contributed by atoms with E-state index in [0.29, 0.717) is 11.3 Å². The minimum Gasteiger partial charge on any atom is -0.355 e. The molecule has 0 unspecified atom stereocenters. The van der Waals surface area contributed by atoms with E-state index in [1.807, 2.05) is 18.2 Å². The summed E-state index contributed by atoms with van der Waals surface area (Å²) in [4.78, 5) is 0. The summed E-state index contributed by atoms with van der Waals surface area (Å²) in [5.41, 5.74) is 1.30. The van der Waals surface area contributed by atoms with Crippen LogP contribution in [-0.4, -0.2) is 0 Å². The van der Waals surface area contributed by atoms with Crippen LogP contribution < -0.4 is 5.32 Å². The highest BCUT2D eigenvalue weighted by Gasteiger charge is 2.29. The fourth-order valence-corrected chi connectivity index (χ4v) is 1.70. The van der Waals surface area contributed by atoms with E-state index in [4.69, 9.17) is 0 Å². The maximum atomic E-state index is 12.5. The first-order chi connectivity index (χ1) is 10.9. The van der Waals surface area contributed by atoms with Gasteiger partial charge in [-0.1, -0.05) is 36.8 Å². The minimum atomic E-state index is -4.34. The van der Waals surface area contributed by atoms with Gasteiger partial charge in [-0.25, -0.2) is 0 Å². The van der Waals surface area contributed by atoms with Gasteiger partial charge in [0.15, 0.2) is 0 Å². The molecule has 116 valence electrons. The summed E-state index contributed by atoms with van der Waals surface area (Å²) in [5.74, 6) is 5.72. The van der Waals surface area contributed by atoms with Gasteiger partial charge in [0.05, 0.1) is 11.3 Å². The predicted octanol–water partition coefficient (Wildman–Crippen LogP) is 4.73. The Balaban J connectivity index is 2.18. The Morgan fingerprint density at radius 3 is 2.30 bits per heavy atom. The third-order valence-electron chi connectivity index (χ3n) is 2.88. The zero-order valence-corrected chi connectivity index (χ0v) is 12.2. The highest BCUT2D eigenvalue weighted by atomic mass is 19.4. The van der Waals surface area contributed by atoms with E-state index in [0.717, 1.165) is 17.7 Å². The van der Waals surface area contributed by atoms with Crippen molar-refractivity contribution in [3.05, 3.63) is 95.9 Å². The van der Waals surface area contributed by atoms with E-state index >= 15 is 0 Å². The Kier molecular flexibility index (Phi) is 5.27. The molecule has 0 spiro atoms. The lowest BCUT2D eigenvalue weighted by Crippen LogP contribution is -2.04. The SMILES string of the molecule is C=C1/C=C\C=C/N/C(C#Cc2ccc(C(F)(F)F)cc2)=C\C=C/1. The number of hydrogen-bond acceptors (Lipinski definition) is 1. The molecule has 2 rings (SSSR count). The van der Waals surface area contributed by atoms with Crippen LogP contribution in [0.1, 0.15) is 11.1 Å². The molecule has 1 nitrogen and oxygen atoms in total. The fraction of sp³-hybridized carbons (Fsp3) is 0.0526. The average molecular weight is 313 g/mol. The zero-order chi connectivity index (χ0) is 16.7. The number of benzene rings is 1. The molecule has 4 heteroatoms. The van der Waals surface area contributed by atoms with Gasteiger partial charge in [-0.15, -0.1) is 0 Å². The van der Waals surface area contributed by atoms with Crippen molar-refractivity contribution in [1.29, 1.82) is 0 Å². The first-order valence-electron chi connectivity index (χ1n) is 6.81. The van der Waals surface area contributed by atoms with E-state index in [1.165, 1.54) is 12.1 Å². The van der Waals surface area contributed by atoms with Crippen molar-refractivity contribution in [2.75, 3.05) is 0 Å². The molecule has 23 heavy (non-hydrogen) atoms. The molecule has 1 aromatic carbocycles. The van der Waals surface area contributed by atoms with Crippen molar-refractivity contribution in [2.45, 2.75) is 6.18 Å². The van der Waals surface area contributed by atoms with E-state index in [1.54, 1.807) is 24.4 Å². The van der Waals surface area contributed by atoms with Crippen molar-refractivity contribution in [1.82, 2.24) is 5.32 Å². The van der Waals surface area contributed by atoms with Crippen LogP contribution in [0.3, 0.4) is 0 Å². The third-order valence-corrected chi connectivity index (χ3v) is 2.88. The van der Waals surface area contributed by atoms with Crippen LogP contribution in [0.15, 0.2) is 84.8 Å². The number of nitrogens with one attached hydrogen (secondary N) is 1. The molecule has 1 aliphatic heterocycles. The molecule has 1 heterocycles. The highest BCUT2D eigenvalue weighted by Crippen LogP contribution is 2.28. The largest absolute Gasteiger partial charge is 0.416 e. The summed E-state index contributed by atoms with van der Waals surface area (Å²) in [6, 6.07) is 4.75. The number of allylic oxidation sites excluding steroid dienone is 8. The van der Waals surface area contributed by atoms with Crippen molar-refractivity contribution >= 4 is 0 Å². The van der Waals surface area contributed by atoms with Gasteiger partial charge in [0.25, 0.3) is 0 Å². The van der Waals surface area contributed by atoms with Gasteiger partial charge in [0.2, 0.25) is 0 Å². The maximum Gasteiger partial charge on any atom is 0.416 e. The molecule has 0 saturated carbocycles. The Morgan fingerprint density at radius 1 is 0.913 bits per heavy atom. The number of hydrogen-bond donors (Lipinski definition) is 1. The van der Waals surface area contributed by atoms with Crippen LogP contribution in [0.5, 0.6) is 0 Å². The molecule has 1 aromatic rings. The van der Waals surface area contributed by atoms with Gasteiger partial charge < -0.3 is 5.32 Å². The third kappa shape index (κ3) is 5.40. The van der Waals surface area contributed by atoms with Gasteiger partial charge in [-0.2, -0.15) is 13.2 Å². The van der Waals surface area contributed by atoms with Crippen molar-refractivity contribution in [3.63, 3.8) is 0 Å². The van der Waals surface area contributed by atoms with Crippen LogP contribution in [0.25, 0.3) is 0 Å². The molecule has 0 aromatic heterocycles. The quantitative estimate of drug-likeness (QED) is 0.683. The van der Waals surface area contributed by atoms with Gasteiger partial charge in [-0.05, 0) is 47.9 Å². The molecule has 0 aliphatic carbocycles. The summed E-state index contributed by atoms with van der Waals surface area (Å²) in [6.07, 6.45) is 8.29. The van der Waals surface area contributed by atoms with Crippen LogP contribution in [-0.2, 0) is 6.18 Å². The van der Waals surface area contributed by atoms with E-state index in [9.17, 15) is 13.2 Å². The molecule has 0 fully saturated rings. The maximum absolute atomic E-state index is 12.5. The van der Waals surface area contributed by atoms with E-state index in [-0.39, 0.29) is 0 Å². The minimum absolute atomic E-state index is 0.509. The first kappa shape index (κ1) is 16.4. The Bertz CT molecular complexity index is 749. The molecule has 1 N–H and O–H groups in total. The van der Waals surface area contributed by atoms with Crippen LogP contribution in [0.4, 0.5) is 13.2 Å². The predicted molar refractivity (Wildman–Crippen MR) is 86.1 cm³/mol. The lowest BCUT2D eigenvalue weighted by Gasteiger charge is -2.05. The van der Waals surface area contributed by atoms with Crippen molar-refractivity contribution in [3.8, 4) is 11.8 Å². The fourth-order valence-electron chi connectivity index (χ4n) is 1.70. The van der Waals surface area contributed by atoms with Crippen LogP contribution >= 0.6 is 0 Å². The number of alkyl halides is 3.